The molecule has 0 aromatic heterocycles. The van der Waals surface area contributed by atoms with Crippen molar-refractivity contribution in [2.45, 2.75) is 70.0 Å². The van der Waals surface area contributed by atoms with Gasteiger partial charge < -0.3 is 15.5 Å². The van der Waals surface area contributed by atoms with Gasteiger partial charge in [0.1, 0.15) is 0 Å². The molecule has 2 saturated heterocycles. The van der Waals surface area contributed by atoms with Crippen LogP contribution >= 0.6 is 12.4 Å². The molecule has 0 spiro atoms. The fourth-order valence-electron chi connectivity index (χ4n) is 4.02. The molecule has 2 aliphatic heterocycles. The zero-order valence-electron chi connectivity index (χ0n) is 13.3. The van der Waals surface area contributed by atoms with Crippen LogP contribution in [-0.2, 0) is 9.59 Å². The number of carbonyl (C=O) groups excluding carboxylic acids is 2. The van der Waals surface area contributed by atoms with Crippen molar-refractivity contribution in [1.82, 2.24) is 15.5 Å². The van der Waals surface area contributed by atoms with Gasteiger partial charge >= 0.3 is 0 Å². The maximum Gasteiger partial charge on any atom is 0.225 e. The zero-order chi connectivity index (χ0) is 14.8. The van der Waals surface area contributed by atoms with E-state index in [1.807, 2.05) is 4.90 Å². The Bertz CT molecular complexity index is 412. The molecular formula is C16H28ClN3O2. The second kappa shape index (κ2) is 7.64. The molecule has 3 atom stereocenters. The Labute approximate surface area is 139 Å². The second-order valence-electron chi connectivity index (χ2n) is 6.89. The minimum atomic E-state index is -0.146. The van der Waals surface area contributed by atoms with Crippen molar-refractivity contribution >= 4 is 24.2 Å². The van der Waals surface area contributed by atoms with Crippen molar-refractivity contribution in [2.24, 2.45) is 5.92 Å². The summed E-state index contributed by atoms with van der Waals surface area (Å²) in [5.74, 6) is 0.105. The van der Waals surface area contributed by atoms with Crippen LogP contribution < -0.4 is 10.6 Å². The highest BCUT2D eigenvalue weighted by atomic mass is 35.5. The second-order valence-corrected chi connectivity index (χ2v) is 6.89. The lowest BCUT2D eigenvalue weighted by atomic mass is 9.98. The Morgan fingerprint density at radius 2 is 1.95 bits per heavy atom. The third-order valence-corrected chi connectivity index (χ3v) is 5.38. The molecule has 5 nitrogen and oxygen atoms in total. The van der Waals surface area contributed by atoms with Gasteiger partial charge in [0.15, 0.2) is 0 Å². The fraction of sp³-hybridized carbons (Fsp3) is 0.875. The molecule has 1 saturated carbocycles. The molecule has 1 aliphatic carbocycles. The molecule has 22 heavy (non-hydrogen) atoms. The summed E-state index contributed by atoms with van der Waals surface area (Å²) in [4.78, 5) is 26.6. The van der Waals surface area contributed by atoms with Gasteiger partial charge in [-0.25, -0.2) is 0 Å². The predicted molar refractivity (Wildman–Crippen MR) is 88.0 cm³/mol. The first-order chi connectivity index (χ1) is 10.1. The van der Waals surface area contributed by atoms with E-state index in [1.165, 1.54) is 12.8 Å². The van der Waals surface area contributed by atoms with Crippen LogP contribution in [0.25, 0.3) is 0 Å². The average molecular weight is 330 g/mol. The third-order valence-electron chi connectivity index (χ3n) is 5.38. The number of amides is 2. The summed E-state index contributed by atoms with van der Waals surface area (Å²) >= 11 is 0. The lowest BCUT2D eigenvalue weighted by Gasteiger charge is -2.31. The SMILES string of the molecule is CC1NCCCC1NC(=O)C1CC(=O)N(C2CCCC2)C1.Cl. The molecule has 3 unspecified atom stereocenters. The largest absolute Gasteiger partial charge is 0.352 e. The van der Waals surface area contributed by atoms with E-state index in [2.05, 4.69) is 17.6 Å². The van der Waals surface area contributed by atoms with Gasteiger partial charge in [0, 0.05) is 31.1 Å². The molecule has 6 heteroatoms. The molecule has 0 bridgehead atoms. The number of hydrogen-bond donors (Lipinski definition) is 2. The van der Waals surface area contributed by atoms with Crippen LogP contribution in [0.4, 0.5) is 0 Å². The number of likely N-dealkylation sites (tertiary alicyclic amines) is 1. The Morgan fingerprint density at radius 1 is 1.23 bits per heavy atom. The van der Waals surface area contributed by atoms with Gasteiger partial charge in [-0.1, -0.05) is 12.8 Å². The van der Waals surface area contributed by atoms with E-state index in [9.17, 15) is 9.59 Å². The van der Waals surface area contributed by atoms with Crippen LogP contribution in [0.3, 0.4) is 0 Å². The first kappa shape index (κ1) is 17.5. The summed E-state index contributed by atoms with van der Waals surface area (Å²) in [6.07, 6.45) is 7.21. The molecule has 0 aromatic carbocycles. The van der Waals surface area contributed by atoms with Crippen molar-refractivity contribution < 1.29 is 9.59 Å². The minimum absolute atomic E-state index is 0. The van der Waals surface area contributed by atoms with Crippen LogP contribution in [0, 0.1) is 5.92 Å². The highest BCUT2D eigenvalue weighted by Gasteiger charge is 2.39. The number of nitrogens with zero attached hydrogens (tertiary/aromatic N) is 1. The first-order valence-electron chi connectivity index (χ1n) is 8.48. The smallest absolute Gasteiger partial charge is 0.225 e. The van der Waals surface area contributed by atoms with Gasteiger partial charge in [-0.2, -0.15) is 0 Å². The summed E-state index contributed by atoms with van der Waals surface area (Å²) in [6.45, 7) is 3.78. The lowest BCUT2D eigenvalue weighted by Crippen LogP contribution is -2.53. The Balaban J connectivity index is 0.00000176. The highest BCUT2D eigenvalue weighted by molar-refractivity contribution is 5.89. The summed E-state index contributed by atoms with van der Waals surface area (Å²) < 4.78 is 0. The van der Waals surface area contributed by atoms with E-state index in [0.29, 0.717) is 25.0 Å². The molecule has 3 fully saturated rings. The minimum Gasteiger partial charge on any atom is -0.352 e. The standard InChI is InChI=1S/C16H27N3O2.ClH/c1-11-14(7-4-8-17-11)18-16(21)12-9-15(20)19(10-12)13-5-2-3-6-13;/h11-14,17H,2-10H2,1H3,(H,18,21);1H. The summed E-state index contributed by atoms with van der Waals surface area (Å²) in [5.41, 5.74) is 0. The molecule has 0 aromatic rings. The van der Waals surface area contributed by atoms with Crippen LogP contribution in [0.2, 0.25) is 0 Å². The number of nitrogens with one attached hydrogen (secondary N) is 2. The van der Waals surface area contributed by atoms with Gasteiger partial charge in [-0.05, 0) is 39.2 Å². The van der Waals surface area contributed by atoms with E-state index in [1.54, 1.807) is 0 Å². The van der Waals surface area contributed by atoms with Crippen molar-refractivity contribution in [2.75, 3.05) is 13.1 Å². The van der Waals surface area contributed by atoms with E-state index in [-0.39, 0.29) is 36.2 Å². The maximum atomic E-state index is 12.4. The quantitative estimate of drug-likeness (QED) is 0.824. The number of hydrogen-bond acceptors (Lipinski definition) is 3. The average Bonchev–Trinajstić information content (AvgIpc) is 3.10. The monoisotopic (exact) mass is 329 g/mol. The van der Waals surface area contributed by atoms with E-state index in [0.717, 1.165) is 32.2 Å². The van der Waals surface area contributed by atoms with Crippen molar-refractivity contribution in [3.8, 4) is 0 Å². The number of piperidine rings is 1. The van der Waals surface area contributed by atoms with Gasteiger partial charge in [-0.15, -0.1) is 12.4 Å². The fourth-order valence-corrected chi connectivity index (χ4v) is 4.02. The molecule has 2 amide bonds. The van der Waals surface area contributed by atoms with Crippen molar-refractivity contribution in [1.29, 1.82) is 0 Å². The first-order valence-corrected chi connectivity index (χ1v) is 8.48. The molecule has 0 radical (unpaired) electrons. The van der Waals surface area contributed by atoms with Gasteiger partial charge in [0.2, 0.25) is 11.8 Å². The van der Waals surface area contributed by atoms with Gasteiger partial charge in [0.05, 0.1) is 5.92 Å². The third kappa shape index (κ3) is 3.74. The van der Waals surface area contributed by atoms with Gasteiger partial charge in [0.25, 0.3) is 0 Å². The van der Waals surface area contributed by atoms with E-state index >= 15 is 0 Å². The normalized spacial score (nSPS) is 32.9. The topological polar surface area (TPSA) is 61.4 Å². The molecule has 2 heterocycles. The number of halogens is 1. The zero-order valence-corrected chi connectivity index (χ0v) is 14.2. The summed E-state index contributed by atoms with van der Waals surface area (Å²) in [6, 6.07) is 0.929. The maximum absolute atomic E-state index is 12.4. The Morgan fingerprint density at radius 3 is 2.64 bits per heavy atom. The molecular weight excluding hydrogens is 302 g/mol. The van der Waals surface area contributed by atoms with Crippen LogP contribution in [0.15, 0.2) is 0 Å². The van der Waals surface area contributed by atoms with E-state index < -0.39 is 0 Å². The van der Waals surface area contributed by atoms with Gasteiger partial charge in [-0.3, -0.25) is 9.59 Å². The van der Waals surface area contributed by atoms with Crippen LogP contribution in [0.5, 0.6) is 0 Å². The molecule has 2 N–H and O–H groups in total. The molecule has 3 rings (SSSR count). The van der Waals surface area contributed by atoms with Crippen LogP contribution in [0.1, 0.15) is 51.9 Å². The van der Waals surface area contributed by atoms with Crippen molar-refractivity contribution in [3.63, 3.8) is 0 Å². The molecule has 126 valence electrons. The summed E-state index contributed by atoms with van der Waals surface area (Å²) in [5, 5.41) is 6.56. The lowest BCUT2D eigenvalue weighted by molar-refractivity contribution is -0.130. The predicted octanol–water partition coefficient (Wildman–Crippen LogP) is 1.46. The summed E-state index contributed by atoms with van der Waals surface area (Å²) in [7, 11) is 0. The van der Waals surface area contributed by atoms with Crippen LogP contribution in [-0.4, -0.2) is 47.9 Å². The number of rotatable bonds is 3. The highest BCUT2D eigenvalue weighted by Crippen LogP contribution is 2.29. The van der Waals surface area contributed by atoms with E-state index in [4.69, 9.17) is 0 Å². The molecule has 3 aliphatic rings. The number of carbonyl (C=O) groups is 2. The Hall–Kier alpha value is -0.810. The van der Waals surface area contributed by atoms with Crippen molar-refractivity contribution in [3.05, 3.63) is 0 Å². The Kier molecular flexibility index (Phi) is 6.09.